The lowest BCUT2D eigenvalue weighted by Gasteiger charge is -2.30. The summed E-state index contributed by atoms with van der Waals surface area (Å²) in [6.07, 6.45) is 0.774. The van der Waals surface area contributed by atoms with Crippen LogP contribution in [0.4, 0.5) is 0 Å². The fourth-order valence-corrected chi connectivity index (χ4v) is 1.24. The van der Waals surface area contributed by atoms with Crippen molar-refractivity contribution in [3.63, 3.8) is 0 Å². The fourth-order valence-electron chi connectivity index (χ4n) is 1.24. The van der Waals surface area contributed by atoms with E-state index in [1.54, 1.807) is 0 Å². The molecule has 4 heteroatoms. The zero-order chi connectivity index (χ0) is 7.78. The molecular formula is C6H13N2O2+. The summed E-state index contributed by atoms with van der Waals surface area (Å²) in [7, 11) is 3.79. The molecule has 1 aliphatic heterocycles. The first kappa shape index (κ1) is 7.50. The standard InChI is InChI=1S/C6H13N2O2/c1-8(2)4-3-6(10)7(8)5-9/h5-6,10H,3-4H2,1-2H3/q+1. The van der Waals surface area contributed by atoms with E-state index in [2.05, 4.69) is 0 Å². The van der Waals surface area contributed by atoms with Crippen LogP contribution in [0.3, 0.4) is 0 Å². The van der Waals surface area contributed by atoms with Gasteiger partial charge in [-0.2, -0.15) is 5.01 Å². The Kier molecular flexibility index (Phi) is 1.66. The molecule has 1 rings (SSSR count). The molecular weight excluding hydrogens is 132 g/mol. The van der Waals surface area contributed by atoms with E-state index in [1.807, 2.05) is 14.1 Å². The number of aliphatic hydroxyl groups is 1. The van der Waals surface area contributed by atoms with Crippen molar-refractivity contribution in [3.8, 4) is 0 Å². The molecule has 1 aliphatic rings. The lowest BCUT2D eigenvalue weighted by molar-refractivity contribution is -0.979. The number of amides is 1. The smallest absolute Gasteiger partial charge is 0.258 e. The molecule has 1 fully saturated rings. The lowest BCUT2D eigenvalue weighted by Crippen LogP contribution is -2.51. The first-order valence-corrected chi connectivity index (χ1v) is 3.33. The minimum Gasteiger partial charge on any atom is -0.369 e. The van der Waals surface area contributed by atoms with Crippen molar-refractivity contribution in [2.24, 2.45) is 0 Å². The van der Waals surface area contributed by atoms with Gasteiger partial charge in [0.1, 0.15) is 6.54 Å². The van der Waals surface area contributed by atoms with Crippen molar-refractivity contribution < 1.29 is 14.5 Å². The van der Waals surface area contributed by atoms with Crippen molar-refractivity contribution in [1.82, 2.24) is 5.01 Å². The van der Waals surface area contributed by atoms with Gasteiger partial charge in [-0.25, -0.2) is 4.59 Å². The Hall–Kier alpha value is -0.610. The minimum absolute atomic E-state index is 0.463. The number of carbonyl (C=O) groups excluding carboxylic acids is 1. The topological polar surface area (TPSA) is 40.5 Å². The highest BCUT2D eigenvalue weighted by Crippen LogP contribution is 2.18. The van der Waals surface area contributed by atoms with E-state index >= 15 is 0 Å². The summed E-state index contributed by atoms with van der Waals surface area (Å²) in [5.41, 5.74) is 0. The Balaban J connectivity index is 2.72. The third-order valence-corrected chi connectivity index (χ3v) is 1.97. The molecule has 1 heterocycles. The van der Waals surface area contributed by atoms with E-state index in [1.165, 1.54) is 5.01 Å². The number of rotatable bonds is 1. The van der Waals surface area contributed by atoms with Crippen molar-refractivity contribution in [2.75, 3.05) is 20.6 Å². The maximum atomic E-state index is 10.4. The van der Waals surface area contributed by atoms with Crippen molar-refractivity contribution in [3.05, 3.63) is 0 Å². The highest BCUT2D eigenvalue weighted by Gasteiger charge is 2.38. The predicted molar refractivity (Wildman–Crippen MR) is 35.5 cm³/mol. The van der Waals surface area contributed by atoms with Crippen LogP contribution in [-0.2, 0) is 4.79 Å². The Labute approximate surface area is 60.2 Å². The van der Waals surface area contributed by atoms with E-state index < -0.39 is 6.23 Å². The van der Waals surface area contributed by atoms with Crippen LogP contribution in [0.1, 0.15) is 6.42 Å². The second-order valence-corrected chi connectivity index (χ2v) is 3.10. The number of carbonyl (C=O) groups is 1. The summed E-state index contributed by atoms with van der Waals surface area (Å²) < 4.78 is 0.463. The SMILES string of the molecule is C[N+]1(C)CCC(O)N1C=O. The first-order valence-electron chi connectivity index (χ1n) is 3.33. The van der Waals surface area contributed by atoms with E-state index in [0.29, 0.717) is 17.4 Å². The van der Waals surface area contributed by atoms with Gasteiger partial charge in [0.25, 0.3) is 6.41 Å². The largest absolute Gasteiger partial charge is 0.369 e. The van der Waals surface area contributed by atoms with Crippen molar-refractivity contribution in [2.45, 2.75) is 12.6 Å². The molecule has 1 atom stereocenters. The van der Waals surface area contributed by atoms with Gasteiger partial charge >= 0.3 is 0 Å². The monoisotopic (exact) mass is 145 g/mol. The highest BCUT2D eigenvalue weighted by atomic mass is 16.3. The third kappa shape index (κ3) is 0.998. The van der Waals surface area contributed by atoms with E-state index in [-0.39, 0.29) is 0 Å². The molecule has 0 spiro atoms. The number of nitrogens with zero attached hydrogens (tertiary/aromatic N) is 2. The molecule has 1 N–H and O–H groups in total. The summed E-state index contributed by atoms with van der Waals surface area (Å²) in [6.45, 7) is 0.819. The second-order valence-electron chi connectivity index (χ2n) is 3.10. The Bertz CT molecular complexity index is 147. The van der Waals surface area contributed by atoms with Crippen LogP contribution in [0.5, 0.6) is 0 Å². The maximum absolute atomic E-state index is 10.4. The van der Waals surface area contributed by atoms with Gasteiger partial charge in [0, 0.05) is 6.42 Å². The van der Waals surface area contributed by atoms with Gasteiger partial charge in [-0.15, -0.1) is 0 Å². The van der Waals surface area contributed by atoms with Crippen LogP contribution in [0.2, 0.25) is 0 Å². The number of aliphatic hydroxyl groups excluding tert-OH is 1. The molecule has 4 nitrogen and oxygen atoms in total. The Morgan fingerprint density at radius 1 is 1.70 bits per heavy atom. The normalized spacial score (nSPS) is 30.7. The molecule has 1 saturated heterocycles. The van der Waals surface area contributed by atoms with Crippen LogP contribution in [0.25, 0.3) is 0 Å². The molecule has 58 valence electrons. The van der Waals surface area contributed by atoms with E-state index in [4.69, 9.17) is 0 Å². The molecule has 0 bridgehead atoms. The summed E-state index contributed by atoms with van der Waals surface area (Å²) in [5.74, 6) is 0. The first-order chi connectivity index (χ1) is 4.58. The number of quaternary nitrogens is 1. The van der Waals surface area contributed by atoms with Gasteiger partial charge in [-0.1, -0.05) is 0 Å². The zero-order valence-corrected chi connectivity index (χ0v) is 6.32. The fraction of sp³-hybridized carbons (Fsp3) is 0.833. The molecule has 0 aromatic carbocycles. The van der Waals surface area contributed by atoms with Crippen molar-refractivity contribution in [1.29, 1.82) is 0 Å². The molecule has 1 unspecified atom stereocenters. The minimum atomic E-state index is -0.590. The molecule has 10 heavy (non-hydrogen) atoms. The summed E-state index contributed by atoms with van der Waals surface area (Å²) in [4.78, 5) is 10.4. The van der Waals surface area contributed by atoms with Crippen LogP contribution >= 0.6 is 0 Å². The van der Waals surface area contributed by atoms with Gasteiger partial charge in [0.05, 0.1) is 14.1 Å². The molecule has 1 amide bonds. The maximum Gasteiger partial charge on any atom is 0.258 e. The molecule has 0 radical (unpaired) electrons. The number of hydrogen-bond acceptors (Lipinski definition) is 2. The summed E-state index contributed by atoms with van der Waals surface area (Å²) >= 11 is 0. The van der Waals surface area contributed by atoms with E-state index in [9.17, 15) is 9.90 Å². The molecule has 0 aromatic heterocycles. The predicted octanol–water partition coefficient (Wildman–Crippen LogP) is -0.842. The Morgan fingerprint density at radius 3 is 2.50 bits per heavy atom. The highest BCUT2D eigenvalue weighted by molar-refractivity contribution is 5.45. The summed E-state index contributed by atoms with van der Waals surface area (Å²) in [6, 6.07) is 0. The van der Waals surface area contributed by atoms with Gasteiger partial charge in [-0.3, -0.25) is 4.79 Å². The van der Waals surface area contributed by atoms with Crippen LogP contribution in [-0.4, -0.2) is 48.0 Å². The Morgan fingerprint density at radius 2 is 2.30 bits per heavy atom. The van der Waals surface area contributed by atoms with Crippen LogP contribution in [0.15, 0.2) is 0 Å². The average Bonchev–Trinajstić information content (AvgIpc) is 2.07. The molecule has 0 saturated carbocycles. The number of hydrogen-bond donors (Lipinski definition) is 1. The average molecular weight is 145 g/mol. The third-order valence-electron chi connectivity index (χ3n) is 1.97. The van der Waals surface area contributed by atoms with Gasteiger partial charge < -0.3 is 5.11 Å². The molecule has 0 aliphatic carbocycles. The van der Waals surface area contributed by atoms with E-state index in [0.717, 1.165) is 6.54 Å². The lowest BCUT2D eigenvalue weighted by atomic mass is 10.4. The van der Waals surface area contributed by atoms with Crippen LogP contribution < -0.4 is 0 Å². The van der Waals surface area contributed by atoms with Gasteiger partial charge in [0.15, 0.2) is 6.23 Å². The van der Waals surface area contributed by atoms with Gasteiger partial charge in [0.2, 0.25) is 0 Å². The molecule has 0 aromatic rings. The quantitative estimate of drug-likeness (QED) is 0.386. The van der Waals surface area contributed by atoms with Gasteiger partial charge in [-0.05, 0) is 0 Å². The second kappa shape index (κ2) is 2.21. The van der Waals surface area contributed by atoms with Crippen molar-refractivity contribution >= 4 is 6.41 Å². The zero-order valence-electron chi connectivity index (χ0n) is 6.32. The summed E-state index contributed by atoms with van der Waals surface area (Å²) in [5, 5.41) is 10.6. The van der Waals surface area contributed by atoms with Crippen LogP contribution in [0, 0.1) is 0 Å².